The molecule has 27 heavy (non-hydrogen) atoms. The Balaban J connectivity index is 1.79. The van der Waals surface area contributed by atoms with Gasteiger partial charge in [0, 0.05) is 12.1 Å². The molecule has 4 rings (SSSR count). The molecular formula is C23H18FNO2. The molecule has 0 aliphatic carbocycles. The van der Waals surface area contributed by atoms with Crippen LogP contribution in [0.2, 0.25) is 0 Å². The van der Waals surface area contributed by atoms with Gasteiger partial charge in [0.2, 0.25) is 0 Å². The van der Waals surface area contributed by atoms with Gasteiger partial charge in [-0.05, 0) is 28.8 Å². The minimum Gasteiger partial charge on any atom is -0.503 e. The highest BCUT2D eigenvalue weighted by Crippen LogP contribution is 2.43. The Morgan fingerprint density at radius 3 is 2.07 bits per heavy atom. The Labute approximate surface area is 157 Å². The number of hydrogen-bond donors (Lipinski definition) is 1. The molecule has 4 heteroatoms. The first kappa shape index (κ1) is 17.0. The number of benzene rings is 3. The van der Waals surface area contributed by atoms with Gasteiger partial charge < -0.3 is 10.0 Å². The van der Waals surface area contributed by atoms with E-state index < -0.39 is 11.9 Å². The highest BCUT2D eigenvalue weighted by atomic mass is 19.1. The summed E-state index contributed by atoms with van der Waals surface area (Å²) >= 11 is 0. The van der Waals surface area contributed by atoms with Crippen molar-refractivity contribution < 1.29 is 14.3 Å². The second-order valence-corrected chi connectivity index (χ2v) is 6.50. The molecule has 0 bridgehead atoms. The van der Waals surface area contributed by atoms with Crippen LogP contribution in [-0.2, 0) is 11.3 Å². The summed E-state index contributed by atoms with van der Waals surface area (Å²) in [7, 11) is 0. The Bertz CT molecular complexity index is 982. The Morgan fingerprint density at radius 2 is 1.44 bits per heavy atom. The quantitative estimate of drug-likeness (QED) is 0.721. The summed E-state index contributed by atoms with van der Waals surface area (Å²) in [5.74, 6) is -0.985. The number of rotatable bonds is 4. The monoisotopic (exact) mass is 359 g/mol. The zero-order valence-electron chi connectivity index (χ0n) is 14.5. The summed E-state index contributed by atoms with van der Waals surface area (Å²) in [6, 6.07) is 24.7. The molecule has 1 atom stereocenters. The van der Waals surface area contributed by atoms with Crippen LogP contribution in [0, 0.1) is 5.82 Å². The molecule has 0 saturated heterocycles. The first-order valence-electron chi connectivity index (χ1n) is 8.74. The van der Waals surface area contributed by atoms with Gasteiger partial charge in [-0.3, -0.25) is 4.79 Å². The molecule has 0 aromatic heterocycles. The summed E-state index contributed by atoms with van der Waals surface area (Å²) in [6.07, 6.45) is 0. The maximum Gasteiger partial charge on any atom is 0.290 e. The smallest absolute Gasteiger partial charge is 0.290 e. The number of carbonyl (C=O) groups excluding carboxylic acids is 1. The van der Waals surface area contributed by atoms with E-state index in [9.17, 15) is 14.3 Å². The fraction of sp³-hybridized carbons (Fsp3) is 0.0870. The van der Waals surface area contributed by atoms with Crippen molar-refractivity contribution >= 4 is 11.5 Å². The molecule has 0 fully saturated rings. The molecule has 0 unspecified atom stereocenters. The molecular weight excluding hydrogens is 341 g/mol. The van der Waals surface area contributed by atoms with Gasteiger partial charge in [0.15, 0.2) is 5.76 Å². The van der Waals surface area contributed by atoms with Gasteiger partial charge in [-0.1, -0.05) is 72.8 Å². The number of nitrogens with zero attached hydrogens (tertiary/aromatic N) is 1. The van der Waals surface area contributed by atoms with Crippen molar-refractivity contribution in [1.82, 2.24) is 4.90 Å². The molecule has 134 valence electrons. The van der Waals surface area contributed by atoms with Gasteiger partial charge in [0.25, 0.3) is 5.91 Å². The van der Waals surface area contributed by atoms with Crippen molar-refractivity contribution in [2.75, 3.05) is 0 Å². The highest BCUT2D eigenvalue weighted by molar-refractivity contribution is 6.05. The van der Waals surface area contributed by atoms with E-state index in [0.29, 0.717) is 5.57 Å². The van der Waals surface area contributed by atoms with E-state index >= 15 is 0 Å². The van der Waals surface area contributed by atoms with E-state index in [1.165, 1.54) is 12.1 Å². The van der Waals surface area contributed by atoms with Crippen LogP contribution in [0.3, 0.4) is 0 Å². The molecule has 0 radical (unpaired) electrons. The van der Waals surface area contributed by atoms with E-state index in [4.69, 9.17) is 0 Å². The number of hydrogen-bond acceptors (Lipinski definition) is 2. The maximum absolute atomic E-state index is 13.2. The topological polar surface area (TPSA) is 40.5 Å². The largest absolute Gasteiger partial charge is 0.503 e. The summed E-state index contributed by atoms with van der Waals surface area (Å²) < 4.78 is 13.2. The van der Waals surface area contributed by atoms with E-state index in [-0.39, 0.29) is 18.1 Å². The average molecular weight is 359 g/mol. The van der Waals surface area contributed by atoms with Crippen LogP contribution in [0.25, 0.3) is 5.57 Å². The maximum atomic E-state index is 13.2. The zero-order valence-corrected chi connectivity index (χ0v) is 14.5. The number of halogens is 1. The number of amides is 1. The van der Waals surface area contributed by atoms with Crippen LogP contribution < -0.4 is 0 Å². The van der Waals surface area contributed by atoms with Crippen LogP contribution in [-0.4, -0.2) is 15.9 Å². The van der Waals surface area contributed by atoms with Crippen LogP contribution in [0.15, 0.2) is 90.7 Å². The van der Waals surface area contributed by atoms with Gasteiger partial charge in [-0.15, -0.1) is 0 Å². The first-order valence-corrected chi connectivity index (χ1v) is 8.74. The highest BCUT2D eigenvalue weighted by Gasteiger charge is 2.40. The van der Waals surface area contributed by atoms with Crippen LogP contribution in [0.4, 0.5) is 4.39 Å². The van der Waals surface area contributed by atoms with Crippen molar-refractivity contribution in [3.63, 3.8) is 0 Å². The lowest BCUT2D eigenvalue weighted by molar-refractivity contribution is -0.130. The lowest BCUT2D eigenvalue weighted by Gasteiger charge is -2.27. The third kappa shape index (κ3) is 3.22. The van der Waals surface area contributed by atoms with E-state index in [2.05, 4.69) is 0 Å². The number of aliphatic hydroxyl groups excluding tert-OH is 1. The molecule has 1 amide bonds. The van der Waals surface area contributed by atoms with Gasteiger partial charge in [-0.2, -0.15) is 0 Å². The lowest BCUT2D eigenvalue weighted by Crippen LogP contribution is -2.29. The predicted octanol–water partition coefficient (Wildman–Crippen LogP) is 4.88. The second-order valence-electron chi connectivity index (χ2n) is 6.50. The average Bonchev–Trinajstić information content (AvgIpc) is 2.96. The summed E-state index contributed by atoms with van der Waals surface area (Å²) in [4.78, 5) is 14.5. The number of carbonyl (C=O) groups is 1. The molecule has 1 N–H and O–H groups in total. The second kappa shape index (κ2) is 7.08. The van der Waals surface area contributed by atoms with Crippen molar-refractivity contribution in [3.05, 3.63) is 113 Å². The van der Waals surface area contributed by atoms with Gasteiger partial charge >= 0.3 is 0 Å². The Hall–Kier alpha value is -3.40. The zero-order chi connectivity index (χ0) is 18.8. The van der Waals surface area contributed by atoms with Crippen molar-refractivity contribution in [2.45, 2.75) is 12.6 Å². The minimum absolute atomic E-state index is 0.239. The number of aliphatic hydroxyl groups is 1. The van der Waals surface area contributed by atoms with Crippen molar-refractivity contribution in [3.8, 4) is 0 Å². The molecule has 3 nitrogen and oxygen atoms in total. The van der Waals surface area contributed by atoms with Crippen molar-refractivity contribution in [1.29, 1.82) is 0 Å². The molecule has 0 saturated carbocycles. The molecule has 0 spiro atoms. The SMILES string of the molecule is O=C1C(O)=C(c2ccccc2)[C@@H](c2ccccc2)N1Cc1ccc(F)cc1. The summed E-state index contributed by atoms with van der Waals surface area (Å²) in [6.45, 7) is 0.277. The summed E-state index contributed by atoms with van der Waals surface area (Å²) in [5.41, 5.74) is 3.11. The molecule has 3 aromatic rings. The normalized spacial score (nSPS) is 16.9. The first-order chi connectivity index (χ1) is 13.1. The molecule has 3 aromatic carbocycles. The van der Waals surface area contributed by atoms with Gasteiger partial charge in [0.05, 0.1) is 6.04 Å². The Kier molecular flexibility index (Phi) is 4.47. The lowest BCUT2D eigenvalue weighted by atomic mass is 9.93. The Morgan fingerprint density at radius 1 is 0.852 bits per heavy atom. The minimum atomic E-state index is -0.424. The molecule has 1 heterocycles. The van der Waals surface area contributed by atoms with Crippen molar-refractivity contribution in [2.24, 2.45) is 0 Å². The van der Waals surface area contributed by atoms with E-state index in [1.54, 1.807) is 17.0 Å². The van der Waals surface area contributed by atoms with E-state index in [0.717, 1.165) is 16.7 Å². The van der Waals surface area contributed by atoms with E-state index in [1.807, 2.05) is 60.7 Å². The predicted molar refractivity (Wildman–Crippen MR) is 102 cm³/mol. The molecule has 1 aliphatic rings. The molecule has 1 aliphatic heterocycles. The van der Waals surface area contributed by atoms with Crippen LogP contribution in [0.1, 0.15) is 22.7 Å². The van der Waals surface area contributed by atoms with Crippen LogP contribution in [0.5, 0.6) is 0 Å². The van der Waals surface area contributed by atoms with Gasteiger partial charge in [0.1, 0.15) is 5.82 Å². The third-order valence-electron chi connectivity index (χ3n) is 4.77. The standard InChI is InChI=1S/C23H18FNO2/c24-19-13-11-16(12-14-19)15-25-21(18-9-5-2-6-10-18)20(22(26)23(25)27)17-7-3-1-4-8-17/h1-14,21,26H,15H2/t21-/m1/s1. The fourth-order valence-corrected chi connectivity index (χ4v) is 3.50. The van der Waals surface area contributed by atoms with Crippen LogP contribution >= 0.6 is 0 Å². The summed E-state index contributed by atoms with van der Waals surface area (Å²) in [5, 5.41) is 10.7. The fourth-order valence-electron chi connectivity index (χ4n) is 3.50. The third-order valence-corrected chi connectivity index (χ3v) is 4.77. The van der Waals surface area contributed by atoms with Gasteiger partial charge in [-0.25, -0.2) is 4.39 Å².